The van der Waals surface area contributed by atoms with Crippen molar-refractivity contribution in [3.05, 3.63) is 49.1 Å². The number of hydrogen-bond acceptors (Lipinski definition) is 7. The summed E-state index contributed by atoms with van der Waals surface area (Å²) in [4.78, 5) is 27.8. The van der Waals surface area contributed by atoms with Gasteiger partial charge in [0.15, 0.2) is 11.7 Å². The zero-order valence-corrected chi connectivity index (χ0v) is 22.3. The first-order valence-corrected chi connectivity index (χ1v) is 13.9. The molecule has 37 heavy (non-hydrogen) atoms. The predicted molar refractivity (Wildman–Crippen MR) is 137 cm³/mol. The maximum absolute atomic E-state index is 14.0. The molecule has 1 aliphatic heterocycles. The highest BCUT2D eigenvalue weighted by Gasteiger charge is 2.48. The molecule has 0 bridgehead atoms. The molecule has 1 aliphatic carbocycles. The molecule has 2 N–H and O–H groups in total. The molecule has 0 radical (unpaired) electrons. The summed E-state index contributed by atoms with van der Waals surface area (Å²) in [5.41, 5.74) is 0.802. The van der Waals surface area contributed by atoms with Crippen LogP contribution in [0.5, 0.6) is 0 Å². The zero-order chi connectivity index (χ0) is 26.5. The Morgan fingerprint density at radius 2 is 2.16 bits per heavy atom. The molecule has 2 aliphatic rings. The van der Waals surface area contributed by atoms with Gasteiger partial charge in [-0.1, -0.05) is 24.6 Å². The number of hydrogen-bond donors (Lipinski definition) is 2. The monoisotopic (exact) mass is 572 g/mol. The van der Waals surface area contributed by atoms with Gasteiger partial charge in [-0.25, -0.2) is 9.48 Å². The van der Waals surface area contributed by atoms with Gasteiger partial charge in [-0.05, 0) is 49.1 Å². The second kappa shape index (κ2) is 9.95. The molecule has 1 amide bonds. The molecule has 0 aromatic carbocycles. The van der Waals surface area contributed by atoms with Crippen LogP contribution in [-0.2, 0) is 17.6 Å². The second-order valence-electron chi connectivity index (χ2n) is 9.19. The lowest BCUT2D eigenvalue weighted by Gasteiger charge is -2.32. The van der Waals surface area contributed by atoms with Crippen molar-refractivity contribution in [2.45, 2.75) is 57.8 Å². The van der Waals surface area contributed by atoms with Crippen LogP contribution < -0.4 is 10.6 Å². The van der Waals surface area contributed by atoms with E-state index in [4.69, 9.17) is 16.3 Å². The van der Waals surface area contributed by atoms with Gasteiger partial charge in [0, 0.05) is 16.2 Å². The third-order valence-electron chi connectivity index (χ3n) is 6.62. The zero-order valence-electron chi connectivity index (χ0n) is 19.9. The fourth-order valence-electron chi connectivity index (χ4n) is 4.83. The number of thiophene rings is 2. The molecule has 3 aromatic heterocycles. The van der Waals surface area contributed by atoms with Gasteiger partial charge in [0.1, 0.15) is 15.8 Å². The van der Waals surface area contributed by atoms with Gasteiger partial charge in [0.2, 0.25) is 0 Å². The molecule has 5 rings (SSSR count). The third-order valence-corrected chi connectivity index (χ3v) is 9.13. The fourth-order valence-corrected chi connectivity index (χ4v) is 7.28. The summed E-state index contributed by atoms with van der Waals surface area (Å²) in [6, 6.07) is 0.921. The van der Waals surface area contributed by atoms with Gasteiger partial charge < -0.3 is 15.4 Å². The molecule has 0 spiro atoms. The summed E-state index contributed by atoms with van der Waals surface area (Å²) in [6.07, 6.45) is -2.55. The van der Waals surface area contributed by atoms with E-state index in [2.05, 4.69) is 22.7 Å². The van der Waals surface area contributed by atoms with Crippen LogP contribution in [-0.4, -0.2) is 34.4 Å². The Labute approximate surface area is 224 Å². The summed E-state index contributed by atoms with van der Waals surface area (Å²) < 4.78 is 48.0. The molecular weight excluding hydrogens is 549 g/mol. The molecule has 0 fully saturated rings. The van der Waals surface area contributed by atoms with Crippen LogP contribution in [0.25, 0.3) is 0 Å². The smallest absolute Gasteiger partial charge is 0.410 e. The van der Waals surface area contributed by atoms with Crippen LogP contribution in [0.15, 0.2) is 17.5 Å². The average molecular weight is 573 g/mol. The lowest BCUT2D eigenvalue weighted by atomic mass is 9.88. The lowest BCUT2D eigenvalue weighted by Crippen LogP contribution is -2.35. The quantitative estimate of drug-likeness (QED) is 0.326. The molecule has 3 aromatic rings. The number of ether oxygens (including phenoxy) is 1. The van der Waals surface area contributed by atoms with Crippen LogP contribution in [0.1, 0.15) is 74.9 Å². The minimum atomic E-state index is -4.60. The Morgan fingerprint density at radius 3 is 2.84 bits per heavy atom. The number of halogens is 4. The van der Waals surface area contributed by atoms with E-state index >= 15 is 0 Å². The van der Waals surface area contributed by atoms with Crippen LogP contribution in [0.2, 0.25) is 5.02 Å². The molecule has 0 saturated heterocycles. The van der Waals surface area contributed by atoms with E-state index < -0.39 is 30.1 Å². The first kappa shape index (κ1) is 26.1. The van der Waals surface area contributed by atoms with Crippen molar-refractivity contribution in [3.8, 4) is 0 Å². The maximum Gasteiger partial charge on any atom is 0.410 e. The average Bonchev–Trinajstić information content (AvgIpc) is 3.55. The Kier molecular flexibility index (Phi) is 7.01. The number of esters is 1. The first-order valence-electron chi connectivity index (χ1n) is 11.9. The number of nitrogens with one attached hydrogen (secondary N) is 2. The van der Waals surface area contributed by atoms with E-state index in [1.807, 2.05) is 0 Å². The van der Waals surface area contributed by atoms with E-state index in [1.165, 1.54) is 22.7 Å². The second-order valence-corrected chi connectivity index (χ2v) is 11.7. The molecule has 198 valence electrons. The number of anilines is 2. The Balaban J connectivity index is 1.50. The van der Waals surface area contributed by atoms with Crippen molar-refractivity contribution >= 4 is 57.0 Å². The Morgan fingerprint density at radius 1 is 1.38 bits per heavy atom. The van der Waals surface area contributed by atoms with Gasteiger partial charge in [-0.15, -0.1) is 22.7 Å². The molecular formula is C24H24ClF3N4O3S2. The number of carbonyl (C=O) groups excluding carboxylic acids is 2. The highest BCUT2D eigenvalue weighted by atomic mass is 35.5. The van der Waals surface area contributed by atoms with E-state index in [0.29, 0.717) is 22.9 Å². The SMILES string of the molecule is CCOC(=O)c1c(NC(=O)c2nn3c(c2Cl)N[C@H](c2cccs2)C[C@@H]3C(F)(F)F)sc2c1CC[C@@H](C)C2. The highest BCUT2D eigenvalue weighted by molar-refractivity contribution is 7.17. The maximum atomic E-state index is 14.0. The predicted octanol–water partition coefficient (Wildman–Crippen LogP) is 6.87. The lowest BCUT2D eigenvalue weighted by molar-refractivity contribution is -0.173. The number of carbonyl (C=O) groups is 2. The van der Waals surface area contributed by atoms with E-state index in [0.717, 1.165) is 32.8 Å². The molecule has 13 heteroatoms. The Bertz CT molecular complexity index is 1340. The number of amides is 1. The van der Waals surface area contributed by atoms with Crippen molar-refractivity contribution in [2.24, 2.45) is 5.92 Å². The third kappa shape index (κ3) is 4.86. The number of alkyl halides is 3. The summed E-state index contributed by atoms with van der Waals surface area (Å²) in [6.45, 7) is 3.98. The number of rotatable bonds is 5. The first-order chi connectivity index (χ1) is 17.6. The fraction of sp³-hybridized carbons (Fsp3) is 0.458. The van der Waals surface area contributed by atoms with Crippen molar-refractivity contribution in [3.63, 3.8) is 0 Å². The summed E-state index contributed by atoms with van der Waals surface area (Å²) in [5.74, 6) is -0.971. The molecule has 0 unspecified atom stereocenters. The summed E-state index contributed by atoms with van der Waals surface area (Å²) in [5, 5.41) is 11.6. The van der Waals surface area contributed by atoms with Crippen LogP contribution in [0.3, 0.4) is 0 Å². The minimum absolute atomic E-state index is 0.0660. The number of aromatic nitrogens is 2. The van der Waals surface area contributed by atoms with Crippen molar-refractivity contribution < 1.29 is 27.5 Å². The van der Waals surface area contributed by atoms with Gasteiger partial charge in [0.25, 0.3) is 5.91 Å². The van der Waals surface area contributed by atoms with Gasteiger partial charge in [-0.2, -0.15) is 18.3 Å². The van der Waals surface area contributed by atoms with Gasteiger partial charge in [-0.3, -0.25) is 4.79 Å². The largest absolute Gasteiger partial charge is 0.462 e. The van der Waals surface area contributed by atoms with Crippen molar-refractivity contribution in [1.82, 2.24) is 9.78 Å². The number of nitrogens with zero attached hydrogens (tertiary/aromatic N) is 2. The molecule has 3 atom stereocenters. The minimum Gasteiger partial charge on any atom is -0.462 e. The van der Waals surface area contributed by atoms with E-state index in [9.17, 15) is 22.8 Å². The van der Waals surface area contributed by atoms with E-state index in [-0.39, 0.29) is 29.6 Å². The highest BCUT2D eigenvalue weighted by Crippen LogP contribution is 2.47. The Hall–Kier alpha value is -2.57. The molecule has 7 nitrogen and oxygen atoms in total. The van der Waals surface area contributed by atoms with Gasteiger partial charge in [0.05, 0.1) is 18.2 Å². The van der Waals surface area contributed by atoms with Gasteiger partial charge >= 0.3 is 12.1 Å². The van der Waals surface area contributed by atoms with Crippen molar-refractivity contribution in [2.75, 3.05) is 17.2 Å². The molecule has 0 saturated carbocycles. The van der Waals surface area contributed by atoms with Crippen LogP contribution in [0, 0.1) is 5.92 Å². The standard InChI is InChI=1S/C24H24ClF3N4O3S2/c1-3-35-23(34)17-12-7-6-11(2)9-15(12)37-22(17)30-21(33)19-18(25)20-29-13(14-5-4-8-36-14)10-16(24(26,27)28)32(20)31-19/h4-5,8,11,13,16,29H,3,6-7,9-10H2,1-2H3,(H,30,33)/t11-,13+,16-/m1/s1. The van der Waals surface area contributed by atoms with E-state index in [1.54, 1.807) is 24.4 Å². The van der Waals surface area contributed by atoms with Crippen molar-refractivity contribution in [1.29, 1.82) is 0 Å². The van der Waals surface area contributed by atoms with Crippen LogP contribution >= 0.6 is 34.3 Å². The summed E-state index contributed by atoms with van der Waals surface area (Å²) in [7, 11) is 0. The molecule has 4 heterocycles. The number of fused-ring (bicyclic) bond motifs is 2. The normalized spacial score (nSPS) is 21.1. The van der Waals surface area contributed by atoms with Crippen LogP contribution in [0.4, 0.5) is 24.0 Å². The summed E-state index contributed by atoms with van der Waals surface area (Å²) >= 11 is 9.08. The topological polar surface area (TPSA) is 85.2 Å².